The molecule has 1 aliphatic heterocycles. The van der Waals surface area contributed by atoms with Gasteiger partial charge in [-0.15, -0.1) is 0 Å². The number of aliphatic hydroxyl groups is 1. The number of fused-ring (bicyclic) bond motifs is 1. The molecule has 0 aromatic carbocycles. The van der Waals surface area contributed by atoms with Gasteiger partial charge in [0.15, 0.2) is 5.79 Å². The van der Waals surface area contributed by atoms with E-state index in [1.165, 1.54) is 7.11 Å². The summed E-state index contributed by atoms with van der Waals surface area (Å²) in [5, 5.41) is 10.6. The van der Waals surface area contributed by atoms with E-state index in [1.54, 1.807) is 0 Å². The molecule has 1 heterocycles. The van der Waals surface area contributed by atoms with Gasteiger partial charge in [0.05, 0.1) is 31.8 Å². The monoisotopic (exact) mass is 284 g/mol. The molecule has 0 amide bonds. The summed E-state index contributed by atoms with van der Waals surface area (Å²) in [4.78, 5) is 12.1. The Morgan fingerprint density at radius 2 is 1.80 bits per heavy atom. The third-order valence-corrected chi connectivity index (χ3v) is 5.65. The van der Waals surface area contributed by atoms with Gasteiger partial charge in [0.1, 0.15) is 0 Å². The molecular formula is C15H24O5. The normalized spacial score (nSPS) is 46.4. The van der Waals surface area contributed by atoms with E-state index in [0.717, 1.165) is 12.8 Å². The van der Waals surface area contributed by atoms with Crippen LogP contribution >= 0.6 is 0 Å². The number of methoxy groups -OCH3 is 1. The highest BCUT2D eigenvalue weighted by Crippen LogP contribution is 2.59. The van der Waals surface area contributed by atoms with Crippen LogP contribution in [0.1, 0.15) is 33.1 Å². The zero-order valence-electron chi connectivity index (χ0n) is 12.4. The molecule has 5 nitrogen and oxygen atoms in total. The van der Waals surface area contributed by atoms with E-state index in [1.807, 2.05) is 13.8 Å². The van der Waals surface area contributed by atoms with Crippen molar-refractivity contribution in [3.05, 3.63) is 0 Å². The molecule has 114 valence electrons. The van der Waals surface area contributed by atoms with Gasteiger partial charge in [-0.1, -0.05) is 0 Å². The average molecular weight is 284 g/mol. The topological polar surface area (TPSA) is 65.0 Å². The van der Waals surface area contributed by atoms with Crippen molar-refractivity contribution in [2.24, 2.45) is 23.7 Å². The predicted molar refractivity (Wildman–Crippen MR) is 70.8 cm³/mol. The maximum atomic E-state index is 12.1. The quantitative estimate of drug-likeness (QED) is 0.775. The summed E-state index contributed by atoms with van der Waals surface area (Å²) in [7, 11) is 1.42. The van der Waals surface area contributed by atoms with E-state index in [0.29, 0.717) is 19.6 Å². The molecule has 1 N–H and O–H groups in total. The summed E-state index contributed by atoms with van der Waals surface area (Å²) in [5.74, 6) is -0.732. The highest BCUT2D eigenvalue weighted by molar-refractivity contribution is 5.73. The van der Waals surface area contributed by atoms with Crippen molar-refractivity contribution >= 4 is 5.97 Å². The molecule has 3 aliphatic rings. The van der Waals surface area contributed by atoms with Gasteiger partial charge in [-0.2, -0.15) is 0 Å². The summed E-state index contributed by atoms with van der Waals surface area (Å²) in [6.07, 6.45) is 2.31. The van der Waals surface area contributed by atoms with Crippen LogP contribution in [0, 0.1) is 23.7 Å². The molecular weight excluding hydrogens is 260 g/mol. The van der Waals surface area contributed by atoms with E-state index >= 15 is 0 Å². The van der Waals surface area contributed by atoms with Gasteiger partial charge >= 0.3 is 5.97 Å². The van der Waals surface area contributed by atoms with Crippen molar-refractivity contribution in [3.8, 4) is 0 Å². The number of esters is 1. The second kappa shape index (κ2) is 4.68. The highest BCUT2D eigenvalue weighted by atomic mass is 16.7. The minimum Gasteiger partial charge on any atom is -0.469 e. The molecule has 20 heavy (non-hydrogen) atoms. The Labute approximate surface area is 119 Å². The first-order chi connectivity index (χ1) is 9.39. The Bertz CT molecular complexity index is 399. The maximum absolute atomic E-state index is 12.1. The van der Waals surface area contributed by atoms with E-state index in [4.69, 9.17) is 14.2 Å². The first kappa shape index (κ1) is 14.3. The second-order valence-corrected chi connectivity index (χ2v) is 6.77. The molecule has 5 heteroatoms. The Balaban J connectivity index is 1.90. The number of carbonyl (C=O) groups is 1. The standard InChI is InChI=1S/C15H24O5/c1-14(17)8-9(13(16)18-3)12-10(14)4-5-11(12)15(2)19-6-7-20-15/h9-12,17H,4-8H2,1-3H3/t9-,10+,11+,12+,14+/m0/s1. The smallest absolute Gasteiger partial charge is 0.309 e. The van der Waals surface area contributed by atoms with Crippen LogP contribution in [-0.2, 0) is 19.0 Å². The Hall–Kier alpha value is -0.650. The zero-order chi connectivity index (χ0) is 14.5. The van der Waals surface area contributed by atoms with Crippen LogP contribution < -0.4 is 0 Å². The molecule has 3 rings (SSSR count). The summed E-state index contributed by atoms with van der Waals surface area (Å²) < 4.78 is 16.6. The summed E-state index contributed by atoms with van der Waals surface area (Å²) in [6, 6.07) is 0. The van der Waals surface area contributed by atoms with Crippen LogP contribution in [0.4, 0.5) is 0 Å². The van der Waals surface area contributed by atoms with E-state index in [2.05, 4.69) is 0 Å². The van der Waals surface area contributed by atoms with Crippen LogP contribution in [0.3, 0.4) is 0 Å². The minimum absolute atomic E-state index is 0.0838. The van der Waals surface area contributed by atoms with Gasteiger partial charge in [-0.05, 0) is 44.9 Å². The van der Waals surface area contributed by atoms with Crippen LogP contribution in [-0.4, -0.2) is 42.8 Å². The van der Waals surface area contributed by atoms with Crippen molar-refractivity contribution in [3.63, 3.8) is 0 Å². The fourth-order valence-corrected chi connectivity index (χ4v) is 4.79. The molecule has 2 aliphatic carbocycles. The lowest BCUT2D eigenvalue weighted by Gasteiger charge is -2.35. The van der Waals surface area contributed by atoms with Gasteiger partial charge in [0, 0.05) is 5.92 Å². The number of rotatable bonds is 2. The van der Waals surface area contributed by atoms with Gasteiger partial charge < -0.3 is 19.3 Å². The van der Waals surface area contributed by atoms with Crippen LogP contribution in [0.15, 0.2) is 0 Å². The van der Waals surface area contributed by atoms with Crippen molar-refractivity contribution in [2.45, 2.75) is 44.5 Å². The average Bonchev–Trinajstić information content (AvgIpc) is 3.06. The van der Waals surface area contributed by atoms with Gasteiger partial charge in [0.2, 0.25) is 0 Å². The lowest BCUT2D eigenvalue weighted by atomic mass is 9.80. The first-order valence-corrected chi connectivity index (χ1v) is 7.47. The Kier molecular flexibility index (Phi) is 3.35. The minimum atomic E-state index is -0.798. The van der Waals surface area contributed by atoms with Crippen LogP contribution in [0.25, 0.3) is 0 Å². The molecule has 2 saturated carbocycles. The second-order valence-electron chi connectivity index (χ2n) is 6.77. The first-order valence-electron chi connectivity index (χ1n) is 7.47. The fourth-order valence-electron chi connectivity index (χ4n) is 4.79. The number of hydrogen-bond donors (Lipinski definition) is 1. The maximum Gasteiger partial charge on any atom is 0.309 e. The Morgan fingerprint density at radius 3 is 2.40 bits per heavy atom. The largest absolute Gasteiger partial charge is 0.469 e. The zero-order valence-corrected chi connectivity index (χ0v) is 12.4. The molecule has 0 radical (unpaired) electrons. The number of hydrogen-bond acceptors (Lipinski definition) is 5. The van der Waals surface area contributed by atoms with Crippen LogP contribution in [0.2, 0.25) is 0 Å². The number of ether oxygens (including phenoxy) is 3. The molecule has 1 saturated heterocycles. The lowest BCUT2D eigenvalue weighted by molar-refractivity contribution is -0.195. The summed E-state index contributed by atoms with van der Waals surface area (Å²) in [5.41, 5.74) is -0.798. The SMILES string of the molecule is COC(=O)[C@H]1C[C@@](C)(O)[C@@H]2CC[C@@H](C3(C)OCCO3)[C@H]12. The van der Waals surface area contributed by atoms with Crippen molar-refractivity contribution in [2.75, 3.05) is 20.3 Å². The highest BCUT2D eigenvalue weighted by Gasteiger charge is 2.62. The summed E-state index contributed by atoms with van der Waals surface area (Å²) >= 11 is 0. The molecule has 5 atom stereocenters. The summed E-state index contributed by atoms with van der Waals surface area (Å²) in [6.45, 7) is 5.01. The van der Waals surface area contributed by atoms with E-state index < -0.39 is 11.4 Å². The molecule has 0 aromatic heterocycles. The Morgan fingerprint density at radius 1 is 1.20 bits per heavy atom. The van der Waals surface area contributed by atoms with Crippen molar-refractivity contribution < 1.29 is 24.1 Å². The third kappa shape index (κ3) is 1.98. The van der Waals surface area contributed by atoms with Gasteiger partial charge in [-0.3, -0.25) is 4.79 Å². The van der Waals surface area contributed by atoms with Gasteiger partial charge in [0.25, 0.3) is 0 Å². The molecule has 0 aromatic rings. The molecule has 0 bridgehead atoms. The van der Waals surface area contributed by atoms with Crippen molar-refractivity contribution in [1.82, 2.24) is 0 Å². The van der Waals surface area contributed by atoms with E-state index in [-0.39, 0.29) is 29.6 Å². The third-order valence-electron chi connectivity index (χ3n) is 5.65. The molecule has 0 unspecified atom stereocenters. The van der Waals surface area contributed by atoms with Gasteiger partial charge in [-0.25, -0.2) is 0 Å². The van der Waals surface area contributed by atoms with Crippen molar-refractivity contribution in [1.29, 1.82) is 0 Å². The molecule has 0 spiro atoms. The predicted octanol–water partition coefficient (Wildman–Crippen LogP) is 1.34. The van der Waals surface area contributed by atoms with E-state index in [9.17, 15) is 9.90 Å². The molecule has 3 fully saturated rings. The number of carbonyl (C=O) groups excluding carboxylic acids is 1. The van der Waals surface area contributed by atoms with Crippen LogP contribution in [0.5, 0.6) is 0 Å². The fraction of sp³-hybridized carbons (Fsp3) is 0.933. The lowest BCUT2D eigenvalue weighted by Crippen LogP contribution is -2.41.